The molecule has 0 aromatic heterocycles. The largest absolute Gasteiger partial charge is 0.492 e. The minimum Gasteiger partial charge on any atom is -0.492 e. The smallest absolute Gasteiger partial charge is 0.270 e. The quantitative estimate of drug-likeness (QED) is 0.172. The number of nitrogens with one attached hydrogen (secondary N) is 3. The van der Waals surface area contributed by atoms with Gasteiger partial charge in [-0.25, -0.2) is 13.1 Å². The average molecular weight is 421 g/mol. The van der Waals surface area contributed by atoms with Gasteiger partial charge in [0.15, 0.2) is 5.96 Å². The second kappa shape index (κ2) is 11.0. The monoisotopic (exact) mass is 421 g/mol. The number of para-hydroxylation sites is 1. The third-order valence-corrected chi connectivity index (χ3v) is 5.14. The third kappa shape index (κ3) is 7.39. The fourth-order valence-corrected chi connectivity index (χ4v) is 3.36. The molecule has 0 atom stereocenters. The second-order valence-electron chi connectivity index (χ2n) is 5.74. The highest BCUT2D eigenvalue weighted by Crippen LogP contribution is 2.16. The highest BCUT2D eigenvalue weighted by molar-refractivity contribution is 7.89. The van der Waals surface area contributed by atoms with E-state index in [9.17, 15) is 18.5 Å². The van der Waals surface area contributed by atoms with Gasteiger partial charge in [0.1, 0.15) is 12.4 Å². The van der Waals surface area contributed by atoms with Crippen LogP contribution in [0.2, 0.25) is 0 Å². The summed E-state index contributed by atoms with van der Waals surface area (Å²) in [4.78, 5) is 14.0. The van der Waals surface area contributed by atoms with E-state index in [2.05, 4.69) is 20.3 Å². The van der Waals surface area contributed by atoms with Crippen LogP contribution in [0.25, 0.3) is 0 Å². The first-order valence-corrected chi connectivity index (χ1v) is 10.3. The van der Waals surface area contributed by atoms with Crippen molar-refractivity contribution < 1.29 is 18.1 Å². The van der Waals surface area contributed by atoms with Gasteiger partial charge in [-0.1, -0.05) is 24.3 Å². The van der Waals surface area contributed by atoms with Crippen LogP contribution in [0.3, 0.4) is 0 Å². The van der Waals surface area contributed by atoms with Crippen molar-refractivity contribution in [3.8, 4) is 5.75 Å². The molecule has 0 aliphatic rings. The Hall–Kier alpha value is -3.18. The molecule has 3 N–H and O–H groups in total. The molecule has 0 unspecified atom stereocenters. The summed E-state index contributed by atoms with van der Waals surface area (Å²) in [5.74, 6) is 1.27. The zero-order valence-electron chi connectivity index (χ0n) is 15.9. The molecule has 0 radical (unpaired) electrons. The van der Waals surface area contributed by atoms with E-state index in [1.165, 1.54) is 18.2 Å². The van der Waals surface area contributed by atoms with E-state index in [0.29, 0.717) is 19.1 Å². The lowest BCUT2D eigenvalue weighted by atomic mass is 10.3. The van der Waals surface area contributed by atoms with E-state index in [0.717, 1.165) is 11.8 Å². The van der Waals surface area contributed by atoms with Crippen LogP contribution in [-0.2, 0) is 10.0 Å². The van der Waals surface area contributed by atoms with E-state index in [1.54, 1.807) is 7.05 Å². The molecule has 0 fully saturated rings. The standard InChI is InChI=1S/C18H23N5O5S/c1-19-18(21-12-13-28-16-7-3-2-4-8-16)20-10-11-22-29(26,27)17-9-5-6-15(14-17)23(24)25/h2-9,14,22H,10-13H2,1H3,(H2,19,20,21). The van der Waals surface area contributed by atoms with Crippen molar-refractivity contribution in [2.45, 2.75) is 4.90 Å². The Balaban J connectivity index is 1.72. The van der Waals surface area contributed by atoms with Crippen LogP contribution in [0.5, 0.6) is 5.75 Å². The zero-order valence-corrected chi connectivity index (χ0v) is 16.7. The SMILES string of the molecule is CN=C(NCCNS(=O)(=O)c1cccc([N+](=O)[O-])c1)NCCOc1ccccc1. The number of aliphatic imine (C=N–C) groups is 1. The fourth-order valence-electron chi connectivity index (χ4n) is 2.29. The molecule has 0 spiro atoms. The molecule has 156 valence electrons. The van der Waals surface area contributed by atoms with Crippen molar-refractivity contribution in [2.24, 2.45) is 4.99 Å². The van der Waals surface area contributed by atoms with Crippen molar-refractivity contribution in [1.29, 1.82) is 0 Å². The van der Waals surface area contributed by atoms with Gasteiger partial charge in [0.05, 0.1) is 16.4 Å². The number of nitro benzene ring substituents is 1. The number of hydrogen-bond donors (Lipinski definition) is 3. The molecule has 0 aliphatic carbocycles. The first-order valence-electron chi connectivity index (χ1n) is 8.79. The molecule has 2 aromatic carbocycles. The van der Waals surface area contributed by atoms with Gasteiger partial charge in [-0.3, -0.25) is 15.1 Å². The van der Waals surface area contributed by atoms with Crippen molar-refractivity contribution in [1.82, 2.24) is 15.4 Å². The summed E-state index contributed by atoms with van der Waals surface area (Å²) in [5, 5.41) is 16.8. The van der Waals surface area contributed by atoms with Gasteiger partial charge < -0.3 is 15.4 Å². The second-order valence-corrected chi connectivity index (χ2v) is 7.51. The Labute approximate surface area is 169 Å². The number of nitrogens with zero attached hydrogens (tertiary/aromatic N) is 2. The summed E-state index contributed by atoms with van der Waals surface area (Å²) in [5.41, 5.74) is -0.284. The van der Waals surface area contributed by atoms with Crippen LogP contribution in [0, 0.1) is 10.1 Å². The molecular formula is C18H23N5O5S. The van der Waals surface area contributed by atoms with Gasteiger partial charge in [0.2, 0.25) is 10.0 Å². The molecule has 0 saturated carbocycles. The number of ether oxygens (including phenoxy) is 1. The molecule has 0 bridgehead atoms. The van der Waals surface area contributed by atoms with Gasteiger partial charge in [0, 0.05) is 32.3 Å². The Kier molecular flexibility index (Phi) is 8.37. The van der Waals surface area contributed by atoms with Gasteiger partial charge in [-0.2, -0.15) is 0 Å². The van der Waals surface area contributed by atoms with Crippen LogP contribution in [0.1, 0.15) is 0 Å². The van der Waals surface area contributed by atoms with Crippen molar-refractivity contribution >= 4 is 21.7 Å². The lowest BCUT2D eigenvalue weighted by molar-refractivity contribution is -0.385. The number of non-ortho nitro benzene ring substituents is 1. The van der Waals surface area contributed by atoms with Crippen LogP contribution in [-0.4, -0.2) is 52.6 Å². The predicted molar refractivity (Wildman–Crippen MR) is 110 cm³/mol. The third-order valence-electron chi connectivity index (χ3n) is 3.68. The molecular weight excluding hydrogens is 398 g/mol. The summed E-state index contributed by atoms with van der Waals surface area (Å²) < 4.78 is 32.4. The highest BCUT2D eigenvalue weighted by atomic mass is 32.2. The molecule has 10 nitrogen and oxygen atoms in total. The maximum absolute atomic E-state index is 12.2. The lowest BCUT2D eigenvalue weighted by Gasteiger charge is -2.13. The van der Waals surface area contributed by atoms with Gasteiger partial charge in [0.25, 0.3) is 5.69 Å². The lowest BCUT2D eigenvalue weighted by Crippen LogP contribution is -2.42. The van der Waals surface area contributed by atoms with E-state index >= 15 is 0 Å². The number of sulfonamides is 1. The maximum Gasteiger partial charge on any atom is 0.270 e. The first-order chi connectivity index (χ1) is 13.9. The van der Waals surface area contributed by atoms with Crippen LogP contribution < -0.4 is 20.1 Å². The van der Waals surface area contributed by atoms with Crippen LogP contribution in [0.15, 0.2) is 64.5 Å². The number of guanidine groups is 1. The molecule has 0 saturated heterocycles. The molecule has 2 rings (SSSR count). The highest BCUT2D eigenvalue weighted by Gasteiger charge is 2.16. The van der Waals surface area contributed by atoms with E-state index in [-0.39, 0.29) is 23.7 Å². The molecule has 0 aliphatic heterocycles. The predicted octanol–water partition coefficient (Wildman–Crippen LogP) is 1.12. The Morgan fingerprint density at radius 3 is 2.48 bits per heavy atom. The summed E-state index contributed by atoms with van der Waals surface area (Å²) in [7, 11) is -2.25. The van der Waals surface area contributed by atoms with Gasteiger partial charge in [-0.15, -0.1) is 0 Å². The van der Waals surface area contributed by atoms with E-state index < -0.39 is 14.9 Å². The van der Waals surface area contributed by atoms with E-state index in [1.807, 2.05) is 30.3 Å². The van der Waals surface area contributed by atoms with Crippen LogP contribution in [0.4, 0.5) is 5.69 Å². The van der Waals surface area contributed by atoms with Gasteiger partial charge >= 0.3 is 0 Å². The summed E-state index contributed by atoms with van der Waals surface area (Å²) in [6, 6.07) is 14.3. The average Bonchev–Trinajstić information content (AvgIpc) is 2.73. The van der Waals surface area contributed by atoms with Crippen molar-refractivity contribution in [3.63, 3.8) is 0 Å². The molecule has 11 heteroatoms. The Morgan fingerprint density at radius 2 is 1.79 bits per heavy atom. The molecule has 2 aromatic rings. The molecule has 0 amide bonds. The van der Waals surface area contributed by atoms with E-state index in [4.69, 9.17) is 4.74 Å². The maximum atomic E-state index is 12.2. The minimum atomic E-state index is -3.85. The Bertz CT molecular complexity index is 935. The summed E-state index contributed by atoms with van der Waals surface area (Å²) in [6.45, 7) is 1.29. The Morgan fingerprint density at radius 1 is 1.07 bits per heavy atom. The molecule has 0 heterocycles. The summed E-state index contributed by atoms with van der Waals surface area (Å²) in [6.07, 6.45) is 0. The number of hydrogen-bond acceptors (Lipinski definition) is 6. The van der Waals surface area contributed by atoms with Crippen molar-refractivity contribution in [2.75, 3.05) is 33.3 Å². The van der Waals surface area contributed by atoms with Crippen LogP contribution >= 0.6 is 0 Å². The van der Waals surface area contributed by atoms with Gasteiger partial charge in [-0.05, 0) is 18.2 Å². The topological polar surface area (TPSA) is 135 Å². The van der Waals surface area contributed by atoms with Crippen molar-refractivity contribution in [3.05, 3.63) is 64.7 Å². The first kappa shape index (κ1) is 22.1. The number of benzene rings is 2. The fraction of sp³-hybridized carbons (Fsp3) is 0.278. The minimum absolute atomic E-state index is 0.0756. The normalized spacial score (nSPS) is 11.7. The number of nitro groups is 1. The zero-order chi connectivity index (χ0) is 21.1. The summed E-state index contributed by atoms with van der Waals surface area (Å²) >= 11 is 0. The number of rotatable bonds is 10. The molecule has 29 heavy (non-hydrogen) atoms.